The van der Waals surface area contributed by atoms with Crippen LogP contribution in [0.2, 0.25) is 0 Å². The molecule has 9 nitrogen and oxygen atoms in total. The molecule has 2 aromatic heterocycles. The molecule has 1 aliphatic rings. The van der Waals surface area contributed by atoms with Crippen molar-refractivity contribution in [3.8, 4) is 11.3 Å². The van der Waals surface area contributed by atoms with E-state index in [4.69, 9.17) is 4.74 Å². The predicted molar refractivity (Wildman–Crippen MR) is 162 cm³/mol. The summed E-state index contributed by atoms with van der Waals surface area (Å²) in [6.07, 6.45) is 5.96. The Morgan fingerprint density at radius 1 is 0.952 bits per heavy atom. The normalized spacial score (nSPS) is 15.1. The first-order valence-corrected chi connectivity index (χ1v) is 17.1. The standard InChI is InChI=1S/C31H37N3O6S2/c1-22-29(41(36,37)32-30(35)40-31(2,3)4)19-28(33(22)20-23-13-7-5-8-14-23)26-21-34(27-18-12-11-17-25(26)27)42(38,39)24-15-9-6-10-16-24/h6,9-12,15-19,21,23H,5,7-8,13-14,20H2,1-4H3,(H,32,35). The summed E-state index contributed by atoms with van der Waals surface area (Å²) in [5, 5.41) is 0.670. The van der Waals surface area contributed by atoms with Gasteiger partial charge in [0.05, 0.1) is 16.1 Å². The summed E-state index contributed by atoms with van der Waals surface area (Å²) in [6, 6.07) is 16.9. The molecule has 1 saturated carbocycles. The van der Waals surface area contributed by atoms with Gasteiger partial charge in [0, 0.05) is 29.4 Å². The molecule has 0 atom stereocenters. The molecule has 2 heterocycles. The SMILES string of the molecule is Cc1c(S(=O)(=O)NC(=O)OC(C)(C)C)cc(-c2cn(S(=O)(=O)c3ccccc3)c3ccccc23)n1CC1CCCCC1. The molecule has 0 radical (unpaired) electrons. The molecule has 4 aromatic rings. The minimum atomic E-state index is -4.30. The second-order valence-corrected chi connectivity index (χ2v) is 15.3. The first kappa shape index (κ1) is 29.9. The van der Waals surface area contributed by atoms with Gasteiger partial charge in [-0.1, -0.05) is 55.7 Å². The van der Waals surface area contributed by atoms with Crippen LogP contribution in [0.25, 0.3) is 22.2 Å². The van der Waals surface area contributed by atoms with Crippen molar-refractivity contribution in [3.05, 3.63) is 72.6 Å². The average Bonchev–Trinajstić information content (AvgIpc) is 3.47. The highest BCUT2D eigenvalue weighted by Crippen LogP contribution is 2.38. The number of para-hydroxylation sites is 1. The summed E-state index contributed by atoms with van der Waals surface area (Å²) < 4.78 is 65.0. The van der Waals surface area contributed by atoms with Crippen LogP contribution in [-0.4, -0.2) is 37.1 Å². The molecule has 2 aromatic carbocycles. The Balaban J connectivity index is 1.68. The number of nitrogens with zero attached hydrogens (tertiary/aromatic N) is 2. The molecule has 0 unspecified atom stereocenters. The van der Waals surface area contributed by atoms with E-state index in [2.05, 4.69) is 4.72 Å². The van der Waals surface area contributed by atoms with Gasteiger partial charge in [-0.15, -0.1) is 0 Å². The maximum Gasteiger partial charge on any atom is 0.421 e. The van der Waals surface area contributed by atoms with Gasteiger partial charge in [-0.2, -0.15) is 0 Å². The summed E-state index contributed by atoms with van der Waals surface area (Å²) in [5.74, 6) is 0.347. The fourth-order valence-corrected chi connectivity index (χ4v) is 8.23. The summed E-state index contributed by atoms with van der Waals surface area (Å²) in [7, 11) is -8.24. The van der Waals surface area contributed by atoms with Crippen molar-refractivity contribution >= 4 is 37.0 Å². The number of rotatable bonds is 7. The first-order chi connectivity index (χ1) is 19.8. The number of carbonyl (C=O) groups excluding carboxylic acids is 1. The van der Waals surface area contributed by atoms with E-state index < -0.39 is 31.7 Å². The lowest BCUT2D eigenvalue weighted by atomic mass is 9.89. The van der Waals surface area contributed by atoms with E-state index in [0.29, 0.717) is 40.3 Å². The van der Waals surface area contributed by atoms with Crippen molar-refractivity contribution in [1.29, 1.82) is 0 Å². The lowest BCUT2D eigenvalue weighted by Gasteiger charge is -2.24. The lowest BCUT2D eigenvalue weighted by Crippen LogP contribution is -2.36. The van der Waals surface area contributed by atoms with Gasteiger partial charge in [0.25, 0.3) is 20.0 Å². The van der Waals surface area contributed by atoms with Crippen LogP contribution in [0.4, 0.5) is 4.79 Å². The predicted octanol–water partition coefficient (Wildman–Crippen LogP) is 6.45. The zero-order valence-electron chi connectivity index (χ0n) is 24.3. The molecule has 0 spiro atoms. The number of sulfonamides is 1. The molecule has 1 aliphatic carbocycles. The summed E-state index contributed by atoms with van der Waals surface area (Å²) in [5.41, 5.74) is 1.23. The number of hydrogen-bond donors (Lipinski definition) is 1. The van der Waals surface area contributed by atoms with E-state index in [0.717, 1.165) is 25.7 Å². The Labute approximate surface area is 247 Å². The highest BCUT2D eigenvalue weighted by Gasteiger charge is 2.30. The van der Waals surface area contributed by atoms with Gasteiger partial charge in [0.15, 0.2) is 0 Å². The summed E-state index contributed by atoms with van der Waals surface area (Å²) >= 11 is 0. The zero-order chi connectivity index (χ0) is 30.3. The Morgan fingerprint density at radius 3 is 2.26 bits per heavy atom. The topological polar surface area (TPSA) is 116 Å². The number of amides is 1. The average molecular weight is 612 g/mol. The number of benzene rings is 2. The fraction of sp³-hybridized carbons (Fsp3) is 0.387. The zero-order valence-corrected chi connectivity index (χ0v) is 26.0. The second-order valence-electron chi connectivity index (χ2n) is 11.9. The van der Waals surface area contributed by atoms with E-state index >= 15 is 0 Å². The third-order valence-corrected chi connectivity index (χ3v) is 10.8. The molecule has 0 saturated heterocycles. The molecule has 1 amide bonds. The Morgan fingerprint density at radius 2 is 1.60 bits per heavy atom. The minimum absolute atomic E-state index is 0.0538. The molecule has 0 bridgehead atoms. The van der Waals surface area contributed by atoms with Crippen LogP contribution in [0.15, 0.2) is 76.7 Å². The second kappa shape index (κ2) is 11.3. The maximum absolute atomic E-state index is 13.8. The van der Waals surface area contributed by atoms with Crippen LogP contribution in [-0.2, 0) is 31.3 Å². The number of hydrogen-bond acceptors (Lipinski definition) is 6. The molecular weight excluding hydrogens is 574 g/mol. The number of fused-ring (bicyclic) bond motifs is 1. The summed E-state index contributed by atoms with van der Waals surface area (Å²) in [6.45, 7) is 7.26. The first-order valence-electron chi connectivity index (χ1n) is 14.1. The number of aromatic nitrogens is 2. The van der Waals surface area contributed by atoms with Crippen molar-refractivity contribution in [2.24, 2.45) is 5.92 Å². The smallest absolute Gasteiger partial charge is 0.421 e. The quantitative estimate of drug-likeness (QED) is 0.257. The van der Waals surface area contributed by atoms with E-state index in [1.54, 1.807) is 76.4 Å². The Hall–Kier alpha value is -3.57. The molecule has 1 N–H and O–H groups in total. The van der Waals surface area contributed by atoms with Gasteiger partial charge in [-0.3, -0.25) is 0 Å². The van der Waals surface area contributed by atoms with Gasteiger partial charge < -0.3 is 9.30 Å². The van der Waals surface area contributed by atoms with E-state index in [1.165, 1.54) is 16.5 Å². The molecule has 42 heavy (non-hydrogen) atoms. The largest absolute Gasteiger partial charge is 0.443 e. The van der Waals surface area contributed by atoms with E-state index in [9.17, 15) is 21.6 Å². The molecule has 0 aliphatic heterocycles. The van der Waals surface area contributed by atoms with Crippen LogP contribution in [0, 0.1) is 12.8 Å². The lowest BCUT2D eigenvalue weighted by molar-refractivity contribution is 0.0570. The number of ether oxygens (including phenoxy) is 1. The highest BCUT2D eigenvalue weighted by atomic mass is 32.2. The van der Waals surface area contributed by atoms with Crippen LogP contribution in [0.3, 0.4) is 0 Å². The maximum atomic E-state index is 13.8. The molecule has 11 heteroatoms. The fourth-order valence-electron chi connectivity index (χ4n) is 5.70. The highest BCUT2D eigenvalue weighted by molar-refractivity contribution is 7.90. The van der Waals surface area contributed by atoms with E-state index in [-0.39, 0.29) is 9.79 Å². The number of carbonyl (C=O) groups is 1. The Kier molecular flexibility index (Phi) is 8.02. The van der Waals surface area contributed by atoms with Crippen molar-refractivity contribution in [2.75, 3.05) is 0 Å². The van der Waals surface area contributed by atoms with E-state index in [1.807, 2.05) is 16.7 Å². The molecular formula is C31H37N3O6S2. The molecule has 1 fully saturated rings. The minimum Gasteiger partial charge on any atom is -0.443 e. The van der Waals surface area contributed by atoms with Gasteiger partial charge >= 0.3 is 6.09 Å². The third-order valence-electron chi connectivity index (χ3n) is 7.65. The number of nitrogens with one attached hydrogen (secondary N) is 1. The van der Waals surface area contributed by atoms with Gasteiger partial charge in [-0.25, -0.2) is 30.3 Å². The Bertz CT molecular complexity index is 1830. The molecule has 5 rings (SSSR count). The molecule has 224 valence electrons. The van der Waals surface area contributed by atoms with Crippen molar-refractivity contribution in [3.63, 3.8) is 0 Å². The third kappa shape index (κ3) is 5.98. The van der Waals surface area contributed by atoms with Gasteiger partial charge in [-0.05, 0) is 70.7 Å². The van der Waals surface area contributed by atoms with Crippen LogP contribution in [0.1, 0.15) is 58.6 Å². The van der Waals surface area contributed by atoms with Crippen molar-refractivity contribution in [2.45, 2.75) is 81.7 Å². The van der Waals surface area contributed by atoms with Crippen LogP contribution >= 0.6 is 0 Å². The van der Waals surface area contributed by atoms with Crippen molar-refractivity contribution < 1.29 is 26.4 Å². The van der Waals surface area contributed by atoms with Crippen LogP contribution < -0.4 is 4.72 Å². The van der Waals surface area contributed by atoms with Gasteiger partial charge in [0.1, 0.15) is 10.5 Å². The monoisotopic (exact) mass is 611 g/mol. The van der Waals surface area contributed by atoms with Gasteiger partial charge in [0.2, 0.25) is 0 Å². The summed E-state index contributed by atoms with van der Waals surface area (Å²) in [4.78, 5) is 12.6. The van der Waals surface area contributed by atoms with Crippen molar-refractivity contribution in [1.82, 2.24) is 13.3 Å². The van der Waals surface area contributed by atoms with Crippen LogP contribution in [0.5, 0.6) is 0 Å².